The van der Waals surface area contributed by atoms with Gasteiger partial charge in [0, 0.05) is 30.2 Å². The number of hydrogen-bond acceptors (Lipinski definition) is 3. The number of urea groups is 1. The van der Waals surface area contributed by atoms with Crippen LogP contribution in [0.2, 0.25) is 0 Å². The van der Waals surface area contributed by atoms with Crippen molar-refractivity contribution in [3.05, 3.63) is 60.4 Å². The van der Waals surface area contributed by atoms with Crippen LogP contribution in [0.3, 0.4) is 0 Å². The third-order valence-corrected chi connectivity index (χ3v) is 2.56. The third-order valence-electron chi connectivity index (χ3n) is 2.56. The molecule has 1 atom stereocenters. The molecule has 0 saturated heterocycles. The first kappa shape index (κ1) is 13.0. The van der Waals surface area contributed by atoms with Gasteiger partial charge in [-0.15, -0.1) is 0 Å². The molecule has 1 aromatic carbocycles. The number of carbonyl (C=O) groups is 1. The molecular formula is C14H15N3O2. The van der Waals surface area contributed by atoms with Crippen LogP contribution in [0.25, 0.3) is 0 Å². The van der Waals surface area contributed by atoms with E-state index in [9.17, 15) is 9.90 Å². The zero-order valence-electron chi connectivity index (χ0n) is 10.3. The van der Waals surface area contributed by atoms with E-state index < -0.39 is 6.10 Å². The number of rotatable bonds is 4. The van der Waals surface area contributed by atoms with E-state index in [4.69, 9.17) is 0 Å². The molecule has 1 aromatic heterocycles. The molecule has 0 bridgehead atoms. The largest absolute Gasteiger partial charge is 0.387 e. The normalized spacial score (nSPS) is 11.6. The second-order valence-electron chi connectivity index (χ2n) is 4.00. The molecule has 0 radical (unpaired) electrons. The summed E-state index contributed by atoms with van der Waals surface area (Å²) in [6.07, 6.45) is 2.43. The van der Waals surface area contributed by atoms with E-state index in [-0.39, 0.29) is 12.6 Å². The Morgan fingerprint density at radius 3 is 2.68 bits per heavy atom. The molecule has 0 aliphatic carbocycles. The molecule has 5 nitrogen and oxygen atoms in total. The smallest absolute Gasteiger partial charge is 0.319 e. The van der Waals surface area contributed by atoms with E-state index in [0.717, 1.165) is 0 Å². The highest BCUT2D eigenvalue weighted by atomic mass is 16.3. The molecule has 3 N–H and O–H groups in total. The predicted molar refractivity (Wildman–Crippen MR) is 72.7 cm³/mol. The molecule has 5 heteroatoms. The maximum atomic E-state index is 11.6. The minimum absolute atomic E-state index is 0.129. The Hall–Kier alpha value is -2.40. The van der Waals surface area contributed by atoms with E-state index in [1.807, 2.05) is 18.2 Å². The Bertz CT molecular complexity index is 517. The Balaban J connectivity index is 1.81. The molecule has 0 saturated carbocycles. The molecular weight excluding hydrogens is 242 g/mol. The molecule has 1 unspecified atom stereocenters. The first-order chi connectivity index (χ1) is 9.25. The monoisotopic (exact) mass is 257 g/mol. The van der Waals surface area contributed by atoms with Gasteiger partial charge in [-0.3, -0.25) is 4.98 Å². The summed E-state index contributed by atoms with van der Waals surface area (Å²) >= 11 is 0. The van der Waals surface area contributed by atoms with Crippen LogP contribution in [0, 0.1) is 0 Å². The lowest BCUT2D eigenvalue weighted by Gasteiger charge is -2.12. The van der Waals surface area contributed by atoms with Gasteiger partial charge in [0.2, 0.25) is 0 Å². The van der Waals surface area contributed by atoms with Gasteiger partial charge in [-0.1, -0.05) is 24.3 Å². The molecule has 19 heavy (non-hydrogen) atoms. The quantitative estimate of drug-likeness (QED) is 0.783. The van der Waals surface area contributed by atoms with Gasteiger partial charge in [0.15, 0.2) is 0 Å². The van der Waals surface area contributed by atoms with Crippen molar-refractivity contribution in [1.29, 1.82) is 0 Å². The number of para-hydroxylation sites is 1. The van der Waals surface area contributed by atoms with Crippen LogP contribution in [0.4, 0.5) is 10.5 Å². The summed E-state index contributed by atoms with van der Waals surface area (Å²) < 4.78 is 0. The standard InChI is InChI=1S/C14H15N3O2/c18-13(11-5-4-8-15-9-11)10-16-14(19)17-12-6-2-1-3-7-12/h1-9,13,18H,10H2,(H2,16,17,19). The van der Waals surface area contributed by atoms with Crippen LogP contribution >= 0.6 is 0 Å². The van der Waals surface area contributed by atoms with Crippen molar-refractivity contribution in [1.82, 2.24) is 10.3 Å². The molecule has 0 aliphatic rings. The van der Waals surface area contributed by atoms with Gasteiger partial charge in [-0.25, -0.2) is 4.79 Å². The molecule has 2 amide bonds. The number of aliphatic hydroxyl groups excluding tert-OH is 1. The number of aliphatic hydroxyl groups is 1. The van der Waals surface area contributed by atoms with Crippen LogP contribution in [0.5, 0.6) is 0 Å². The fourth-order valence-electron chi connectivity index (χ4n) is 1.58. The molecule has 98 valence electrons. The first-order valence-corrected chi connectivity index (χ1v) is 5.93. The fourth-order valence-corrected chi connectivity index (χ4v) is 1.58. The minimum atomic E-state index is -0.768. The molecule has 2 rings (SSSR count). The lowest BCUT2D eigenvalue weighted by Crippen LogP contribution is -2.32. The van der Waals surface area contributed by atoms with E-state index in [1.165, 1.54) is 0 Å². The zero-order chi connectivity index (χ0) is 13.5. The highest BCUT2D eigenvalue weighted by Crippen LogP contribution is 2.09. The van der Waals surface area contributed by atoms with Crippen LogP contribution in [0.15, 0.2) is 54.9 Å². The number of carbonyl (C=O) groups excluding carboxylic acids is 1. The van der Waals surface area contributed by atoms with E-state index in [1.54, 1.807) is 36.7 Å². The second-order valence-corrected chi connectivity index (χ2v) is 4.00. The number of anilines is 1. The summed E-state index contributed by atoms with van der Waals surface area (Å²) in [5.74, 6) is 0. The van der Waals surface area contributed by atoms with Gasteiger partial charge in [0.05, 0.1) is 6.10 Å². The number of pyridine rings is 1. The van der Waals surface area contributed by atoms with E-state index >= 15 is 0 Å². The van der Waals surface area contributed by atoms with Gasteiger partial charge in [-0.2, -0.15) is 0 Å². The first-order valence-electron chi connectivity index (χ1n) is 5.93. The molecule has 2 aromatic rings. The maximum Gasteiger partial charge on any atom is 0.319 e. The number of nitrogens with zero attached hydrogens (tertiary/aromatic N) is 1. The van der Waals surface area contributed by atoms with Crippen molar-refractivity contribution in [3.8, 4) is 0 Å². The Morgan fingerprint density at radius 2 is 2.00 bits per heavy atom. The molecule has 0 fully saturated rings. The molecule has 0 spiro atoms. The Labute approximate surface area is 111 Å². The van der Waals surface area contributed by atoms with Crippen molar-refractivity contribution < 1.29 is 9.90 Å². The summed E-state index contributed by atoms with van der Waals surface area (Å²) in [4.78, 5) is 15.5. The average Bonchev–Trinajstić information content (AvgIpc) is 2.47. The molecule has 1 heterocycles. The van der Waals surface area contributed by atoms with Crippen molar-refractivity contribution in [3.63, 3.8) is 0 Å². The minimum Gasteiger partial charge on any atom is -0.387 e. The number of nitrogens with one attached hydrogen (secondary N) is 2. The topological polar surface area (TPSA) is 74.2 Å². The van der Waals surface area contributed by atoms with E-state index in [2.05, 4.69) is 15.6 Å². The van der Waals surface area contributed by atoms with Crippen LogP contribution in [0.1, 0.15) is 11.7 Å². The third kappa shape index (κ3) is 4.08. The van der Waals surface area contributed by atoms with E-state index in [0.29, 0.717) is 11.3 Å². The van der Waals surface area contributed by atoms with Gasteiger partial charge >= 0.3 is 6.03 Å². The van der Waals surface area contributed by atoms with Gasteiger partial charge in [-0.05, 0) is 18.2 Å². The highest BCUT2D eigenvalue weighted by molar-refractivity contribution is 5.89. The van der Waals surface area contributed by atoms with Crippen molar-refractivity contribution in [2.75, 3.05) is 11.9 Å². The summed E-state index contributed by atoms with van der Waals surface area (Å²) in [6.45, 7) is 0.129. The predicted octanol–water partition coefficient (Wildman–Crippen LogP) is 1.94. The maximum absolute atomic E-state index is 11.6. The van der Waals surface area contributed by atoms with Crippen LogP contribution in [-0.2, 0) is 0 Å². The van der Waals surface area contributed by atoms with Gasteiger partial charge in [0.1, 0.15) is 0 Å². The SMILES string of the molecule is O=C(NCC(O)c1cccnc1)Nc1ccccc1. The highest BCUT2D eigenvalue weighted by Gasteiger charge is 2.09. The summed E-state index contributed by atoms with van der Waals surface area (Å²) in [7, 11) is 0. The Morgan fingerprint density at radius 1 is 1.21 bits per heavy atom. The van der Waals surface area contributed by atoms with Gasteiger partial charge in [0.25, 0.3) is 0 Å². The Kier molecular flexibility index (Phi) is 4.47. The number of amides is 2. The van der Waals surface area contributed by atoms with Crippen LogP contribution < -0.4 is 10.6 Å². The summed E-state index contributed by atoms with van der Waals surface area (Å²) in [5.41, 5.74) is 1.37. The van der Waals surface area contributed by atoms with Crippen molar-refractivity contribution in [2.45, 2.75) is 6.10 Å². The van der Waals surface area contributed by atoms with Crippen molar-refractivity contribution in [2.24, 2.45) is 0 Å². The number of benzene rings is 1. The lowest BCUT2D eigenvalue weighted by molar-refractivity contribution is 0.174. The zero-order valence-corrected chi connectivity index (χ0v) is 10.3. The summed E-state index contributed by atoms with van der Waals surface area (Å²) in [5, 5.41) is 15.1. The molecule has 0 aliphatic heterocycles. The fraction of sp³-hybridized carbons (Fsp3) is 0.143. The number of aromatic nitrogens is 1. The van der Waals surface area contributed by atoms with Crippen LogP contribution in [-0.4, -0.2) is 22.7 Å². The number of hydrogen-bond donors (Lipinski definition) is 3. The lowest BCUT2D eigenvalue weighted by atomic mass is 10.2. The van der Waals surface area contributed by atoms with Crippen molar-refractivity contribution >= 4 is 11.7 Å². The average molecular weight is 257 g/mol. The summed E-state index contributed by atoms with van der Waals surface area (Å²) in [6, 6.07) is 12.3. The van der Waals surface area contributed by atoms with Gasteiger partial charge < -0.3 is 15.7 Å². The second kappa shape index (κ2) is 6.51.